The molecule has 0 aliphatic carbocycles. The summed E-state index contributed by atoms with van der Waals surface area (Å²) >= 11 is 8.41. The fourth-order valence-corrected chi connectivity index (χ4v) is 3.83. The van der Waals surface area contributed by atoms with Gasteiger partial charge in [0, 0.05) is 25.2 Å². The minimum atomic E-state index is 0.701. The molecule has 0 amide bonds. The lowest BCUT2D eigenvalue weighted by atomic mass is 10.1. The summed E-state index contributed by atoms with van der Waals surface area (Å²) in [6.45, 7) is 3.06. The Bertz CT molecular complexity index is 399. The Morgan fingerprint density at radius 3 is 2.72 bits per heavy atom. The van der Waals surface area contributed by atoms with Crippen molar-refractivity contribution in [1.29, 1.82) is 0 Å². The molecular weight excluding hydrogens is 266 g/mol. The first-order valence-electron chi connectivity index (χ1n) is 6.61. The molecule has 1 aliphatic heterocycles. The zero-order valence-corrected chi connectivity index (χ0v) is 13.0. The predicted molar refractivity (Wildman–Crippen MR) is 79.4 cm³/mol. The Kier molecular flexibility index (Phi) is 4.98. The van der Waals surface area contributed by atoms with E-state index in [2.05, 4.69) is 35.7 Å². The molecule has 1 aliphatic rings. The van der Waals surface area contributed by atoms with E-state index in [0.29, 0.717) is 6.04 Å². The number of nitrogens with zero attached hydrogens (tertiary/aromatic N) is 3. The van der Waals surface area contributed by atoms with Crippen LogP contribution in [0.3, 0.4) is 0 Å². The zero-order valence-electron chi connectivity index (χ0n) is 11.4. The molecule has 1 aromatic heterocycles. The molecule has 2 rings (SSSR count). The van der Waals surface area contributed by atoms with Gasteiger partial charge in [0.15, 0.2) is 0 Å². The molecule has 0 saturated carbocycles. The highest BCUT2D eigenvalue weighted by Crippen LogP contribution is 2.26. The van der Waals surface area contributed by atoms with Gasteiger partial charge in [0.25, 0.3) is 0 Å². The van der Waals surface area contributed by atoms with Gasteiger partial charge in [-0.25, -0.2) is 0 Å². The van der Waals surface area contributed by atoms with Crippen molar-refractivity contribution in [2.45, 2.75) is 38.8 Å². The minimum absolute atomic E-state index is 0.701. The molecule has 1 aromatic rings. The van der Waals surface area contributed by atoms with Crippen molar-refractivity contribution >= 4 is 23.4 Å². The number of halogens is 1. The number of rotatable bonds is 4. The van der Waals surface area contributed by atoms with Crippen LogP contribution in [0.25, 0.3) is 0 Å². The maximum atomic E-state index is 6.35. The molecule has 2 heterocycles. The van der Waals surface area contributed by atoms with Crippen LogP contribution < -0.4 is 0 Å². The van der Waals surface area contributed by atoms with Crippen LogP contribution in [-0.2, 0) is 20.0 Å². The molecule has 18 heavy (non-hydrogen) atoms. The van der Waals surface area contributed by atoms with Gasteiger partial charge in [-0.1, -0.05) is 18.5 Å². The van der Waals surface area contributed by atoms with Crippen LogP contribution in [0.5, 0.6) is 0 Å². The first-order valence-corrected chi connectivity index (χ1v) is 8.15. The lowest BCUT2D eigenvalue weighted by molar-refractivity contribution is 0.220. The van der Waals surface area contributed by atoms with Crippen molar-refractivity contribution in [3.05, 3.63) is 16.4 Å². The Balaban J connectivity index is 2.08. The second-order valence-corrected chi connectivity index (χ2v) is 6.53. The van der Waals surface area contributed by atoms with Crippen molar-refractivity contribution in [3.63, 3.8) is 0 Å². The molecule has 0 spiro atoms. The number of hydrogen-bond acceptors (Lipinski definition) is 3. The van der Waals surface area contributed by atoms with E-state index in [0.717, 1.165) is 23.8 Å². The zero-order chi connectivity index (χ0) is 13.1. The third-order valence-corrected chi connectivity index (χ3v) is 5.23. The molecule has 102 valence electrons. The van der Waals surface area contributed by atoms with E-state index in [1.165, 1.54) is 29.9 Å². The lowest BCUT2D eigenvalue weighted by Crippen LogP contribution is -2.34. The molecular formula is C13H22ClN3S. The van der Waals surface area contributed by atoms with Gasteiger partial charge >= 0.3 is 0 Å². The average molecular weight is 288 g/mol. The van der Waals surface area contributed by atoms with Gasteiger partial charge in [-0.05, 0) is 37.8 Å². The van der Waals surface area contributed by atoms with Crippen molar-refractivity contribution in [1.82, 2.24) is 14.7 Å². The second kappa shape index (κ2) is 6.31. The highest BCUT2D eigenvalue weighted by atomic mass is 35.5. The number of hydrogen-bond donors (Lipinski definition) is 0. The van der Waals surface area contributed by atoms with Crippen LogP contribution in [0.1, 0.15) is 31.0 Å². The van der Waals surface area contributed by atoms with E-state index < -0.39 is 0 Å². The van der Waals surface area contributed by atoms with Crippen molar-refractivity contribution < 1.29 is 0 Å². The van der Waals surface area contributed by atoms with Crippen molar-refractivity contribution in [3.8, 4) is 0 Å². The monoisotopic (exact) mass is 287 g/mol. The van der Waals surface area contributed by atoms with Crippen LogP contribution in [-0.4, -0.2) is 39.3 Å². The molecule has 1 fully saturated rings. The van der Waals surface area contributed by atoms with Gasteiger partial charge < -0.3 is 0 Å². The van der Waals surface area contributed by atoms with E-state index in [4.69, 9.17) is 11.6 Å². The fraction of sp³-hybridized carbons (Fsp3) is 0.769. The molecule has 0 unspecified atom stereocenters. The van der Waals surface area contributed by atoms with Gasteiger partial charge in [-0.2, -0.15) is 16.9 Å². The molecule has 0 bridgehead atoms. The van der Waals surface area contributed by atoms with Crippen molar-refractivity contribution in [2.24, 2.45) is 7.05 Å². The largest absolute Gasteiger partial charge is 0.299 e. The van der Waals surface area contributed by atoms with E-state index in [-0.39, 0.29) is 0 Å². The molecule has 0 atom stereocenters. The molecule has 0 radical (unpaired) electrons. The van der Waals surface area contributed by atoms with Crippen LogP contribution >= 0.6 is 23.4 Å². The van der Waals surface area contributed by atoms with Crippen LogP contribution in [0.4, 0.5) is 0 Å². The van der Waals surface area contributed by atoms with E-state index in [9.17, 15) is 0 Å². The Morgan fingerprint density at radius 2 is 2.11 bits per heavy atom. The summed E-state index contributed by atoms with van der Waals surface area (Å²) in [5.74, 6) is 2.58. The SMILES string of the molecule is CCc1nn(C)c(Cl)c1CN(C)C1CCSCC1. The maximum absolute atomic E-state index is 6.35. The summed E-state index contributed by atoms with van der Waals surface area (Å²) in [6, 6.07) is 0.701. The first-order chi connectivity index (χ1) is 8.63. The summed E-state index contributed by atoms with van der Waals surface area (Å²) < 4.78 is 1.79. The quantitative estimate of drug-likeness (QED) is 0.850. The van der Waals surface area contributed by atoms with Crippen LogP contribution in [0.15, 0.2) is 0 Å². The summed E-state index contributed by atoms with van der Waals surface area (Å²) in [4.78, 5) is 2.45. The van der Waals surface area contributed by atoms with Gasteiger partial charge in [-0.15, -0.1) is 0 Å². The first kappa shape index (κ1) is 14.2. The minimum Gasteiger partial charge on any atom is -0.299 e. The summed E-state index contributed by atoms with van der Waals surface area (Å²) in [5, 5.41) is 5.28. The van der Waals surface area contributed by atoms with Gasteiger partial charge in [0.2, 0.25) is 0 Å². The van der Waals surface area contributed by atoms with Crippen molar-refractivity contribution in [2.75, 3.05) is 18.6 Å². The van der Waals surface area contributed by atoms with Crippen LogP contribution in [0.2, 0.25) is 5.15 Å². The lowest BCUT2D eigenvalue weighted by Gasteiger charge is -2.30. The third-order valence-electron chi connectivity index (χ3n) is 3.71. The van der Waals surface area contributed by atoms with Gasteiger partial charge in [0.05, 0.1) is 5.69 Å². The number of aryl methyl sites for hydroxylation is 2. The Morgan fingerprint density at radius 1 is 1.44 bits per heavy atom. The highest BCUT2D eigenvalue weighted by Gasteiger charge is 2.21. The predicted octanol–water partition coefficient (Wildman–Crippen LogP) is 2.96. The molecule has 3 nitrogen and oxygen atoms in total. The maximum Gasteiger partial charge on any atom is 0.131 e. The Labute approximate surface area is 119 Å². The normalized spacial score (nSPS) is 17.6. The highest BCUT2D eigenvalue weighted by molar-refractivity contribution is 7.99. The molecule has 5 heteroatoms. The van der Waals surface area contributed by atoms with Crippen LogP contribution in [0, 0.1) is 0 Å². The molecule has 0 N–H and O–H groups in total. The molecule has 0 aromatic carbocycles. The van der Waals surface area contributed by atoms with E-state index >= 15 is 0 Å². The smallest absolute Gasteiger partial charge is 0.131 e. The fourth-order valence-electron chi connectivity index (χ4n) is 2.54. The van der Waals surface area contributed by atoms with Gasteiger partial charge in [-0.3, -0.25) is 9.58 Å². The van der Waals surface area contributed by atoms with E-state index in [1.807, 2.05) is 7.05 Å². The summed E-state index contributed by atoms with van der Waals surface area (Å²) in [7, 11) is 4.13. The number of thioether (sulfide) groups is 1. The Hall–Kier alpha value is -0.190. The summed E-state index contributed by atoms with van der Waals surface area (Å²) in [5.41, 5.74) is 2.35. The van der Waals surface area contributed by atoms with E-state index in [1.54, 1.807) is 4.68 Å². The second-order valence-electron chi connectivity index (χ2n) is 4.95. The summed E-state index contributed by atoms with van der Waals surface area (Å²) in [6.07, 6.45) is 3.53. The average Bonchev–Trinajstić information content (AvgIpc) is 2.67. The standard InChI is InChI=1S/C13H22ClN3S/c1-4-12-11(13(14)17(3)15-12)9-16(2)10-5-7-18-8-6-10/h10H,4-9H2,1-3H3. The molecule has 1 saturated heterocycles. The topological polar surface area (TPSA) is 21.1 Å². The number of aromatic nitrogens is 2. The third kappa shape index (κ3) is 3.03. The van der Waals surface area contributed by atoms with Gasteiger partial charge in [0.1, 0.15) is 5.15 Å².